The van der Waals surface area contributed by atoms with Crippen LogP contribution in [0.2, 0.25) is 0 Å². The van der Waals surface area contributed by atoms with Crippen molar-refractivity contribution in [2.45, 2.75) is 32.2 Å². The standard InChI is InChI=1S/C12H15N3O2/c1-9-7-11(15(16)17)8-13-12(9)14-10-5-3-2-4-6-10/h2-3,7-8,10H,4-6H2,1H3,(H,13,14). The summed E-state index contributed by atoms with van der Waals surface area (Å²) in [5.41, 5.74) is 0.852. The van der Waals surface area contributed by atoms with Gasteiger partial charge in [-0.3, -0.25) is 10.1 Å². The van der Waals surface area contributed by atoms with Crippen LogP contribution in [0.3, 0.4) is 0 Å². The van der Waals surface area contributed by atoms with Crippen molar-refractivity contribution in [3.05, 3.63) is 40.1 Å². The number of hydrogen-bond acceptors (Lipinski definition) is 4. The number of hydrogen-bond donors (Lipinski definition) is 1. The van der Waals surface area contributed by atoms with Crippen LogP contribution in [0.25, 0.3) is 0 Å². The average Bonchev–Trinajstić information content (AvgIpc) is 2.33. The zero-order chi connectivity index (χ0) is 12.3. The normalized spacial score (nSPS) is 19.0. The van der Waals surface area contributed by atoms with Crippen molar-refractivity contribution in [1.29, 1.82) is 0 Å². The molecule has 1 aromatic rings. The zero-order valence-electron chi connectivity index (χ0n) is 9.72. The van der Waals surface area contributed by atoms with E-state index in [9.17, 15) is 10.1 Å². The van der Waals surface area contributed by atoms with Gasteiger partial charge in [-0.05, 0) is 31.7 Å². The van der Waals surface area contributed by atoms with Crippen molar-refractivity contribution in [2.24, 2.45) is 0 Å². The second kappa shape index (κ2) is 4.95. The van der Waals surface area contributed by atoms with Crippen molar-refractivity contribution < 1.29 is 4.92 Å². The molecule has 0 radical (unpaired) electrons. The molecule has 90 valence electrons. The molecule has 0 aliphatic heterocycles. The molecule has 1 aliphatic carbocycles. The molecule has 0 saturated carbocycles. The number of rotatable bonds is 3. The number of aryl methyl sites for hydroxylation is 1. The van der Waals surface area contributed by atoms with E-state index in [2.05, 4.69) is 22.5 Å². The van der Waals surface area contributed by atoms with Gasteiger partial charge in [0.2, 0.25) is 0 Å². The average molecular weight is 233 g/mol. The largest absolute Gasteiger partial charge is 0.367 e. The summed E-state index contributed by atoms with van der Waals surface area (Å²) < 4.78 is 0. The highest BCUT2D eigenvalue weighted by Gasteiger charge is 2.13. The van der Waals surface area contributed by atoms with Crippen molar-refractivity contribution in [1.82, 2.24) is 4.98 Å². The van der Waals surface area contributed by atoms with Crippen LogP contribution in [-0.4, -0.2) is 15.9 Å². The first-order valence-electron chi connectivity index (χ1n) is 5.69. The van der Waals surface area contributed by atoms with Crippen LogP contribution < -0.4 is 5.32 Å². The number of pyridine rings is 1. The Hall–Kier alpha value is -1.91. The van der Waals surface area contributed by atoms with Crippen LogP contribution in [-0.2, 0) is 0 Å². The van der Waals surface area contributed by atoms with Crippen LogP contribution >= 0.6 is 0 Å². The van der Waals surface area contributed by atoms with Gasteiger partial charge in [-0.2, -0.15) is 0 Å². The van der Waals surface area contributed by atoms with Crippen LogP contribution in [0.15, 0.2) is 24.4 Å². The first kappa shape index (κ1) is 11.6. The van der Waals surface area contributed by atoms with Crippen LogP contribution in [0.1, 0.15) is 24.8 Å². The highest BCUT2D eigenvalue weighted by molar-refractivity contribution is 5.48. The second-order valence-electron chi connectivity index (χ2n) is 4.24. The topological polar surface area (TPSA) is 68.1 Å². The van der Waals surface area contributed by atoms with E-state index in [4.69, 9.17) is 0 Å². The Morgan fingerprint density at radius 1 is 1.53 bits per heavy atom. The number of aromatic nitrogens is 1. The SMILES string of the molecule is Cc1cc([N+](=O)[O-])cnc1NC1CC=CCC1. The van der Waals surface area contributed by atoms with Crippen LogP contribution in [0.4, 0.5) is 11.5 Å². The monoisotopic (exact) mass is 233 g/mol. The van der Waals surface area contributed by atoms with Crippen LogP contribution in [0.5, 0.6) is 0 Å². The Morgan fingerprint density at radius 2 is 2.35 bits per heavy atom. The predicted molar refractivity (Wildman–Crippen MR) is 66.0 cm³/mol. The van der Waals surface area contributed by atoms with Gasteiger partial charge in [0.15, 0.2) is 0 Å². The van der Waals surface area contributed by atoms with Gasteiger partial charge < -0.3 is 5.32 Å². The summed E-state index contributed by atoms with van der Waals surface area (Å²) in [5.74, 6) is 0.746. The molecule has 1 N–H and O–H groups in total. The van der Waals surface area contributed by atoms with E-state index in [-0.39, 0.29) is 5.69 Å². The number of nitrogens with zero attached hydrogens (tertiary/aromatic N) is 2. The minimum absolute atomic E-state index is 0.0385. The summed E-state index contributed by atoms with van der Waals surface area (Å²) in [6.45, 7) is 1.83. The van der Waals surface area contributed by atoms with Gasteiger partial charge in [-0.15, -0.1) is 0 Å². The Bertz CT molecular complexity index is 457. The Kier molecular flexibility index (Phi) is 3.37. The maximum Gasteiger partial charge on any atom is 0.287 e. The van der Waals surface area contributed by atoms with E-state index >= 15 is 0 Å². The lowest BCUT2D eigenvalue weighted by atomic mass is 10.0. The van der Waals surface area contributed by atoms with Crippen molar-refractivity contribution in [2.75, 3.05) is 5.32 Å². The fraction of sp³-hybridized carbons (Fsp3) is 0.417. The number of nitro groups is 1. The van der Waals surface area contributed by atoms with Gasteiger partial charge in [-0.25, -0.2) is 4.98 Å². The second-order valence-corrected chi connectivity index (χ2v) is 4.24. The molecular weight excluding hydrogens is 218 g/mol. The van der Waals surface area contributed by atoms with Gasteiger partial charge in [0.1, 0.15) is 12.0 Å². The van der Waals surface area contributed by atoms with Crippen molar-refractivity contribution in [3.63, 3.8) is 0 Å². The number of anilines is 1. The smallest absolute Gasteiger partial charge is 0.287 e. The number of nitrogens with one attached hydrogen (secondary N) is 1. The Morgan fingerprint density at radius 3 is 2.94 bits per heavy atom. The molecule has 1 heterocycles. The minimum atomic E-state index is -0.423. The maximum absolute atomic E-state index is 10.6. The van der Waals surface area contributed by atoms with E-state index in [0.717, 1.165) is 30.6 Å². The molecule has 1 aliphatic rings. The fourth-order valence-corrected chi connectivity index (χ4v) is 1.93. The lowest BCUT2D eigenvalue weighted by Gasteiger charge is -2.20. The summed E-state index contributed by atoms with van der Waals surface area (Å²) in [5, 5.41) is 13.9. The molecule has 0 bridgehead atoms. The molecule has 0 amide bonds. The van der Waals surface area contributed by atoms with Crippen molar-refractivity contribution in [3.8, 4) is 0 Å². The van der Waals surface area contributed by atoms with E-state index in [1.165, 1.54) is 6.20 Å². The third-order valence-electron chi connectivity index (χ3n) is 2.88. The summed E-state index contributed by atoms with van der Waals surface area (Å²) in [7, 11) is 0. The molecule has 0 fully saturated rings. The lowest BCUT2D eigenvalue weighted by molar-refractivity contribution is -0.385. The summed E-state index contributed by atoms with van der Waals surface area (Å²) >= 11 is 0. The first-order chi connectivity index (χ1) is 8.16. The van der Waals surface area contributed by atoms with Crippen molar-refractivity contribution >= 4 is 11.5 Å². The molecule has 1 unspecified atom stereocenters. The van der Waals surface area contributed by atoms with Gasteiger partial charge in [0, 0.05) is 12.1 Å². The van der Waals surface area contributed by atoms with Gasteiger partial charge in [0.25, 0.3) is 5.69 Å². The third kappa shape index (κ3) is 2.81. The Labute approximate surface area is 99.7 Å². The summed E-state index contributed by atoms with van der Waals surface area (Å²) in [6, 6.07) is 1.93. The summed E-state index contributed by atoms with van der Waals surface area (Å²) in [6.07, 6.45) is 8.76. The lowest BCUT2D eigenvalue weighted by Crippen LogP contribution is -2.21. The maximum atomic E-state index is 10.6. The number of allylic oxidation sites excluding steroid dienone is 1. The van der Waals surface area contributed by atoms with Crippen LogP contribution in [0, 0.1) is 17.0 Å². The molecule has 1 aromatic heterocycles. The zero-order valence-corrected chi connectivity index (χ0v) is 9.72. The van der Waals surface area contributed by atoms with E-state index in [1.54, 1.807) is 6.07 Å². The minimum Gasteiger partial charge on any atom is -0.367 e. The first-order valence-corrected chi connectivity index (χ1v) is 5.69. The predicted octanol–water partition coefficient (Wildman–Crippen LogP) is 2.82. The molecule has 0 spiro atoms. The fourth-order valence-electron chi connectivity index (χ4n) is 1.93. The van der Waals surface area contributed by atoms with E-state index in [1.807, 2.05) is 6.92 Å². The Balaban J connectivity index is 2.11. The molecule has 0 saturated heterocycles. The summed E-state index contributed by atoms with van der Waals surface area (Å²) in [4.78, 5) is 14.3. The molecule has 1 atom stereocenters. The third-order valence-corrected chi connectivity index (χ3v) is 2.88. The molecule has 2 rings (SSSR count). The van der Waals surface area contributed by atoms with E-state index in [0.29, 0.717) is 6.04 Å². The molecule has 17 heavy (non-hydrogen) atoms. The molecule has 0 aromatic carbocycles. The molecule has 5 heteroatoms. The highest BCUT2D eigenvalue weighted by atomic mass is 16.6. The quantitative estimate of drug-likeness (QED) is 0.495. The highest BCUT2D eigenvalue weighted by Crippen LogP contribution is 2.21. The van der Waals surface area contributed by atoms with Gasteiger partial charge in [-0.1, -0.05) is 12.2 Å². The van der Waals surface area contributed by atoms with E-state index < -0.39 is 4.92 Å². The van der Waals surface area contributed by atoms with Gasteiger partial charge >= 0.3 is 0 Å². The molecule has 5 nitrogen and oxygen atoms in total. The molecular formula is C12H15N3O2. The van der Waals surface area contributed by atoms with Gasteiger partial charge in [0.05, 0.1) is 4.92 Å².